The molecule has 1 aromatic carbocycles. The molecule has 1 fully saturated rings. The third-order valence-electron chi connectivity index (χ3n) is 5.10. The molecular weight excluding hydrogens is 378 g/mol. The van der Waals surface area contributed by atoms with Crippen molar-refractivity contribution in [1.29, 1.82) is 0 Å². The van der Waals surface area contributed by atoms with Gasteiger partial charge in [-0.2, -0.15) is 4.31 Å². The number of nitrogens with one attached hydrogen (secondary N) is 1. The Morgan fingerprint density at radius 2 is 1.75 bits per heavy atom. The maximum Gasteiger partial charge on any atom is 0.277 e. The molecule has 1 aliphatic rings. The average molecular weight is 407 g/mol. The van der Waals surface area contributed by atoms with Crippen molar-refractivity contribution in [3.05, 3.63) is 53.5 Å². The predicted molar refractivity (Wildman–Crippen MR) is 105 cm³/mol. The van der Waals surface area contributed by atoms with Gasteiger partial charge in [-0.15, -0.1) is 0 Å². The molecule has 0 aliphatic carbocycles. The number of amides is 1. The molecule has 0 atom stereocenters. The third-order valence-corrected chi connectivity index (χ3v) is 7.02. The van der Waals surface area contributed by atoms with Crippen LogP contribution in [0.25, 0.3) is 0 Å². The molecule has 28 heavy (non-hydrogen) atoms. The number of benzene rings is 1. The summed E-state index contributed by atoms with van der Waals surface area (Å²) in [4.78, 5) is 15.6. The van der Waals surface area contributed by atoms with Gasteiger partial charge >= 0.3 is 0 Å². The number of hydrogen-bond donors (Lipinski definition) is 1. The zero-order valence-electron chi connectivity index (χ0n) is 16.6. The van der Waals surface area contributed by atoms with Crippen LogP contribution in [-0.4, -0.2) is 63.3 Å². The van der Waals surface area contributed by atoms with Gasteiger partial charge in [-0.1, -0.05) is 17.7 Å². The lowest BCUT2D eigenvalue weighted by Crippen LogP contribution is -3.15. The Balaban J connectivity index is 1.52. The fourth-order valence-corrected chi connectivity index (χ4v) is 4.76. The highest BCUT2D eigenvalue weighted by molar-refractivity contribution is 7.89. The van der Waals surface area contributed by atoms with E-state index in [9.17, 15) is 13.2 Å². The van der Waals surface area contributed by atoms with Gasteiger partial charge in [-0.3, -0.25) is 4.79 Å². The number of carbonyl (C=O) groups excluding carboxylic acids is 1. The number of quaternary nitrogens is 1. The van der Waals surface area contributed by atoms with Gasteiger partial charge in [0.05, 0.1) is 37.6 Å². The number of furan rings is 1. The number of nitrogens with zero attached hydrogens (tertiary/aromatic N) is 2. The van der Waals surface area contributed by atoms with Crippen LogP contribution in [0.15, 0.2) is 45.7 Å². The standard InChI is InChI=1S/C20H27N3O4S/c1-16-4-8-19(9-5-16)28(25,26)23-12-10-22(11-13-23)15-20(24)21(3)14-18-7-6-17(2)27-18/h4-9H,10-15H2,1-3H3/p+1. The fraction of sp³-hybridized carbons (Fsp3) is 0.450. The third kappa shape index (κ3) is 4.81. The molecule has 0 saturated carbocycles. The van der Waals surface area contributed by atoms with Crippen LogP contribution in [0, 0.1) is 13.8 Å². The van der Waals surface area contributed by atoms with E-state index in [1.165, 1.54) is 4.31 Å². The molecule has 0 radical (unpaired) electrons. The minimum Gasteiger partial charge on any atom is -0.464 e. The molecule has 0 spiro atoms. The summed E-state index contributed by atoms with van der Waals surface area (Å²) < 4.78 is 32.6. The second kappa shape index (κ2) is 8.46. The minimum atomic E-state index is -3.47. The molecule has 1 N–H and O–H groups in total. The van der Waals surface area contributed by atoms with Crippen LogP contribution in [0.3, 0.4) is 0 Å². The van der Waals surface area contributed by atoms with Crippen LogP contribution in [0.2, 0.25) is 0 Å². The molecule has 0 unspecified atom stereocenters. The maximum absolute atomic E-state index is 12.8. The molecule has 7 nitrogen and oxygen atoms in total. The molecule has 2 heterocycles. The van der Waals surface area contributed by atoms with E-state index in [2.05, 4.69) is 0 Å². The Hall–Kier alpha value is -2.16. The van der Waals surface area contributed by atoms with Crippen LogP contribution in [0.1, 0.15) is 17.1 Å². The second-order valence-electron chi connectivity index (χ2n) is 7.41. The minimum absolute atomic E-state index is 0.0268. The Bertz CT molecular complexity index is 913. The summed E-state index contributed by atoms with van der Waals surface area (Å²) in [7, 11) is -1.71. The first-order chi connectivity index (χ1) is 13.3. The first-order valence-corrected chi connectivity index (χ1v) is 10.9. The van der Waals surface area contributed by atoms with Crippen LogP contribution in [0.5, 0.6) is 0 Å². The Morgan fingerprint density at radius 1 is 1.11 bits per heavy atom. The van der Waals surface area contributed by atoms with E-state index in [4.69, 9.17) is 4.42 Å². The number of carbonyl (C=O) groups is 1. The second-order valence-corrected chi connectivity index (χ2v) is 9.34. The van der Waals surface area contributed by atoms with Gasteiger partial charge in [0.2, 0.25) is 10.0 Å². The number of likely N-dealkylation sites (N-methyl/N-ethyl adjacent to an activating group) is 1. The van der Waals surface area contributed by atoms with Gasteiger partial charge in [0.25, 0.3) is 5.91 Å². The number of hydrogen-bond acceptors (Lipinski definition) is 4. The molecule has 2 aromatic rings. The predicted octanol–water partition coefficient (Wildman–Crippen LogP) is 0.444. The lowest BCUT2D eigenvalue weighted by atomic mass is 10.2. The highest BCUT2D eigenvalue weighted by atomic mass is 32.2. The Morgan fingerprint density at radius 3 is 2.32 bits per heavy atom. The van der Waals surface area contributed by atoms with Crippen molar-refractivity contribution >= 4 is 15.9 Å². The lowest BCUT2D eigenvalue weighted by molar-refractivity contribution is -0.896. The van der Waals surface area contributed by atoms with Gasteiger partial charge in [0, 0.05) is 7.05 Å². The number of piperazine rings is 1. The molecule has 152 valence electrons. The van der Waals surface area contributed by atoms with E-state index in [-0.39, 0.29) is 5.91 Å². The van der Waals surface area contributed by atoms with Crippen LogP contribution in [0.4, 0.5) is 0 Å². The summed E-state index contributed by atoms with van der Waals surface area (Å²) >= 11 is 0. The molecule has 0 bridgehead atoms. The van der Waals surface area contributed by atoms with Crippen molar-refractivity contribution < 1.29 is 22.5 Å². The highest BCUT2D eigenvalue weighted by Gasteiger charge is 2.31. The zero-order valence-corrected chi connectivity index (χ0v) is 17.5. The monoisotopic (exact) mass is 406 g/mol. The average Bonchev–Trinajstić information content (AvgIpc) is 3.07. The molecular formula is C20H28N3O4S+. The summed E-state index contributed by atoms with van der Waals surface area (Å²) in [6.07, 6.45) is 0. The summed E-state index contributed by atoms with van der Waals surface area (Å²) in [5.41, 5.74) is 1.03. The van der Waals surface area contributed by atoms with Gasteiger partial charge in [0.15, 0.2) is 6.54 Å². The van der Waals surface area contributed by atoms with E-state index in [0.717, 1.165) is 22.0 Å². The maximum atomic E-state index is 12.8. The van der Waals surface area contributed by atoms with E-state index in [1.807, 2.05) is 38.1 Å². The van der Waals surface area contributed by atoms with E-state index < -0.39 is 10.0 Å². The summed E-state index contributed by atoms with van der Waals surface area (Å²) in [5, 5.41) is 0. The van der Waals surface area contributed by atoms with E-state index in [0.29, 0.717) is 44.2 Å². The Kier molecular flexibility index (Phi) is 6.22. The van der Waals surface area contributed by atoms with Crippen molar-refractivity contribution in [3.8, 4) is 0 Å². The van der Waals surface area contributed by atoms with Gasteiger partial charge in [-0.25, -0.2) is 8.42 Å². The van der Waals surface area contributed by atoms with E-state index in [1.54, 1.807) is 24.1 Å². The van der Waals surface area contributed by atoms with Gasteiger partial charge in [0.1, 0.15) is 11.5 Å². The normalized spacial score (nSPS) is 16.2. The SMILES string of the molecule is Cc1ccc(S(=O)(=O)N2CC[NH+](CC(=O)N(C)Cc3ccc(C)o3)CC2)cc1. The van der Waals surface area contributed by atoms with Crippen LogP contribution >= 0.6 is 0 Å². The molecule has 3 rings (SSSR count). The first-order valence-electron chi connectivity index (χ1n) is 9.45. The molecule has 1 aliphatic heterocycles. The Labute approximate surface area is 166 Å². The topological polar surface area (TPSA) is 75.3 Å². The highest BCUT2D eigenvalue weighted by Crippen LogP contribution is 2.16. The number of sulfonamides is 1. The summed E-state index contributed by atoms with van der Waals surface area (Å²) in [6, 6.07) is 10.7. The quantitative estimate of drug-likeness (QED) is 0.756. The van der Waals surface area contributed by atoms with Gasteiger partial charge in [-0.05, 0) is 38.1 Å². The molecule has 1 saturated heterocycles. The van der Waals surface area contributed by atoms with Crippen molar-refractivity contribution in [1.82, 2.24) is 9.21 Å². The number of rotatable bonds is 6. The van der Waals surface area contributed by atoms with Crippen molar-refractivity contribution in [2.45, 2.75) is 25.3 Å². The van der Waals surface area contributed by atoms with Crippen molar-refractivity contribution in [2.75, 3.05) is 39.8 Å². The zero-order chi connectivity index (χ0) is 20.3. The van der Waals surface area contributed by atoms with E-state index >= 15 is 0 Å². The smallest absolute Gasteiger partial charge is 0.277 e. The molecule has 1 aromatic heterocycles. The van der Waals surface area contributed by atoms with Crippen LogP contribution in [-0.2, 0) is 21.4 Å². The summed E-state index contributed by atoms with van der Waals surface area (Å²) in [6.45, 7) is 6.66. The lowest BCUT2D eigenvalue weighted by Gasteiger charge is -2.31. The molecule has 1 amide bonds. The van der Waals surface area contributed by atoms with Gasteiger partial charge < -0.3 is 14.2 Å². The first kappa shape index (κ1) is 20.6. The number of aryl methyl sites for hydroxylation is 2. The summed E-state index contributed by atoms with van der Waals surface area (Å²) in [5.74, 6) is 1.61. The van der Waals surface area contributed by atoms with Crippen molar-refractivity contribution in [3.63, 3.8) is 0 Å². The van der Waals surface area contributed by atoms with Crippen molar-refractivity contribution in [2.24, 2.45) is 0 Å². The fourth-order valence-electron chi connectivity index (χ4n) is 3.32. The van der Waals surface area contributed by atoms with Crippen LogP contribution < -0.4 is 4.90 Å². The largest absolute Gasteiger partial charge is 0.464 e. The molecule has 8 heteroatoms.